The van der Waals surface area contributed by atoms with Crippen LogP contribution >= 0.6 is 15.9 Å². The monoisotopic (exact) mass is 292 g/mol. The molecule has 2 aromatic rings. The second kappa shape index (κ2) is 5.05. The molecule has 1 aromatic carbocycles. The summed E-state index contributed by atoms with van der Waals surface area (Å²) in [6.07, 6.45) is 2.90. The fourth-order valence-electron chi connectivity index (χ4n) is 1.33. The summed E-state index contributed by atoms with van der Waals surface area (Å²) in [6.45, 7) is 0. The van der Waals surface area contributed by atoms with E-state index >= 15 is 0 Å². The fraction of sp³-hybridized carbons (Fsp3) is 0.0833. The van der Waals surface area contributed by atoms with Crippen molar-refractivity contribution >= 4 is 21.9 Å². The lowest BCUT2D eigenvalue weighted by atomic mass is 10.2. The molecular weight excluding hydrogens is 284 g/mol. The second-order valence-corrected chi connectivity index (χ2v) is 4.12. The van der Waals surface area contributed by atoms with Gasteiger partial charge >= 0.3 is 5.97 Å². The Morgan fingerprint density at radius 2 is 1.88 bits per heavy atom. The molecule has 0 radical (unpaired) electrons. The Balaban J connectivity index is 2.36. The maximum Gasteiger partial charge on any atom is 0.341 e. The number of carbonyl (C=O) groups is 1. The van der Waals surface area contributed by atoms with Crippen molar-refractivity contribution in [1.29, 1.82) is 0 Å². The van der Waals surface area contributed by atoms with Crippen LogP contribution in [0.15, 0.2) is 41.1 Å². The Hall–Kier alpha value is -1.75. The molecule has 0 aliphatic rings. The van der Waals surface area contributed by atoms with Crippen molar-refractivity contribution in [3.63, 3.8) is 0 Å². The zero-order valence-corrected chi connectivity index (χ0v) is 10.6. The Labute approximate surface area is 107 Å². The van der Waals surface area contributed by atoms with Gasteiger partial charge in [-0.05, 0) is 6.07 Å². The molecule has 0 fully saturated rings. The molecule has 1 heterocycles. The van der Waals surface area contributed by atoms with Crippen molar-refractivity contribution in [3.8, 4) is 11.4 Å². The maximum absolute atomic E-state index is 11.2. The number of halogens is 1. The normalized spacial score (nSPS) is 10.0. The third-order valence-corrected chi connectivity index (χ3v) is 2.88. The molecule has 0 aliphatic heterocycles. The molecular formula is C12H9BrN2O2. The molecule has 0 saturated carbocycles. The van der Waals surface area contributed by atoms with Crippen molar-refractivity contribution in [3.05, 3.63) is 46.7 Å². The minimum absolute atomic E-state index is 0.336. The van der Waals surface area contributed by atoms with Crippen molar-refractivity contribution in [2.24, 2.45) is 0 Å². The van der Waals surface area contributed by atoms with E-state index in [-0.39, 0.29) is 0 Å². The summed E-state index contributed by atoms with van der Waals surface area (Å²) in [5.41, 5.74) is 1.22. The molecule has 0 aliphatic carbocycles. The first-order valence-corrected chi connectivity index (χ1v) is 5.67. The number of aromatic nitrogens is 2. The van der Waals surface area contributed by atoms with E-state index in [9.17, 15) is 4.79 Å². The highest BCUT2D eigenvalue weighted by molar-refractivity contribution is 9.10. The van der Waals surface area contributed by atoms with Crippen LogP contribution in [0.3, 0.4) is 0 Å². The smallest absolute Gasteiger partial charge is 0.341 e. The fourth-order valence-corrected chi connectivity index (χ4v) is 1.80. The van der Waals surface area contributed by atoms with E-state index in [0.717, 1.165) is 10.0 Å². The highest BCUT2D eigenvalue weighted by Crippen LogP contribution is 2.24. The number of carbonyl (C=O) groups excluding carboxylic acids is 1. The van der Waals surface area contributed by atoms with Crippen molar-refractivity contribution < 1.29 is 9.53 Å². The third kappa shape index (κ3) is 2.50. The first kappa shape index (κ1) is 11.7. The number of hydrogen-bond acceptors (Lipinski definition) is 4. The van der Waals surface area contributed by atoms with Crippen LogP contribution in [0.4, 0.5) is 0 Å². The summed E-state index contributed by atoms with van der Waals surface area (Å²) in [4.78, 5) is 19.5. The van der Waals surface area contributed by atoms with Crippen LogP contribution in [-0.2, 0) is 4.74 Å². The zero-order chi connectivity index (χ0) is 12.3. The first-order chi connectivity index (χ1) is 8.22. The van der Waals surface area contributed by atoms with Gasteiger partial charge in [0.2, 0.25) is 0 Å². The van der Waals surface area contributed by atoms with Crippen molar-refractivity contribution in [1.82, 2.24) is 9.97 Å². The van der Waals surface area contributed by atoms with Gasteiger partial charge in [0.05, 0.1) is 12.7 Å². The molecule has 0 N–H and O–H groups in total. The van der Waals surface area contributed by atoms with Gasteiger partial charge < -0.3 is 4.74 Å². The topological polar surface area (TPSA) is 52.1 Å². The quantitative estimate of drug-likeness (QED) is 0.799. The maximum atomic E-state index is 11.2. The average molecular weight is 293 g/mol. The molecule has 1 aromatic heterocycles. The molecule has 17 heavy (non-hydrogen) atoms. The summed E-state index contributed by atoms with van der Waals surface area (Å²) < 4.78 is 5.49. The highest BCUT2D eigenvalue weighted by Gasteiger charge is 2.09. The second-order valence-electron chi connectivity index (χ2n) is 3.27. The molecule has 0 saturated heterocycles. The summed E-state index contributed by atoms with van der Waals surface area (Å²) in [6, 6.07) is 7.62. The van der Waals surface area contributed by atoms with E-state index < -0.39 is 5.97 Å². The van der Waals surface area contributed by atoms with Gasteiger partial charge in [-0.3, -0.25) is 0 Å². The van der Waals surface area contributed by atoms with Crippen LogP contribution < -0.4 is 0 Å². The van der Waals surface area contributed by atoms with Crippen LogP contribution in [0, 0.1) is 0 Å². The third-order valence-electron chi connectivity index (χ3n) is 2.19. The van der Waals surface area contributed by atoms with Gasteiger partial charge in [0, 0.05) is 22.4 Å². The van der Waals surface area contributed by atoms with Crippen molar-refractivity contribution in [2.75, 3.05) is 7.11 Å². The first-order valence-electron chi connectivity index (χ1n) is 4.87. The Kier molecular flexibility index (Phi) is 3.49. The van der Waals surface area contributed by atoms with E-state index in [1.807, 2.05) is 24.3 Å². The minimum Gasteiger partial charge on any atom is -0.465 e. The van der Waals surface area contributed by atoms with E-state index in [1.54, 1.807) is 0 Å². The van der Waals surface area contributed by atoms with E-state index in [1.165, 1.54) is 19.5 Å². The number of hydrogen-bond donors (Lipinski definition) is 0. The summed E-state index contributed by atoms with van der Waals surface area (Å²) in [5, 5.41) is 0. The lowest BCUT2D eigenvalue weighted by molar-refractivity contribution is 0.0600. The average Bonchev–Trinajstić information content (AvgIpc) is 2.39. The molecule has 0 amide bonds. The lowest BCUT2D eigenvalue weighted by Crippen LogP contribution is -2.03. The highest BCUT2D eigenvalue weighted by atomic mass is 79.9. The number of rotatable bonds is 2. The Bertz CT molecular complexity index is 540. The minimum atomic E-state index is -0.441. The van der Waals surface area contributed by atoms with Crippen LogP contribution in [0.2, 0.25) is 0 Å². The lowest BCUT2D eigenvalue weighted by Gasteiger charge is -2.03. The summed E-state index contributed by atoms with van der Waals surface area (Å²) in [7, 11) is 1.32. The largest absolute Gasteiger partial charge is 0.465 e. The SMILES string of the molecule is COC(=O)c1cnc(-c2ccccc2Br)nc1. The van der Waals surface area contributed by atoms with Crippen LogP contribution in [0.1, 0.15) is 10.4 Å². The van der Waals surface area contributed by atoms with Gasteiger partial charge in [0.25, 0.3) is 0 Å². The van der Waals surface area contributed by atoms with Gasteiger partial charge in [0.1, 0.15) is 0 Å². The van der Waals surface area contributed by atoms with Gasteiger partial charge in [-0.25, -0.2) is 14.8 Å². The van der Waals surface area contributed by atoms with Gasteiger partial charge in [-0.2, -0.15) is 0 Å². The number of nitrogens with zero attached hydrogens (tertiary/aromatic N) is 2. The van der Waals surface area contributed by atoms with Gasteiger partial charge in [-0.15, -0.1) is 0 Å². The molecule has 0 atom stereocenters. The Morgan fingerprint density at radius 1 is 1.24 bits per heavy atom. The predicted octanol–water partition coefficient (Wildman–Crippen LogP) is 2.69. The van der Waals surface area contributed by atoms with E-state index in [4.69, 9.17) is 0 Å². The number of methoxy groups -OCH3 is 1. The number of ether oxygens (including phenoxy) is 1. The summed E-state index contributed by atoms with van der Waals surface area (Å²) >= 11 is 3.42. The van der Waals surface area contributed by atoms with E-state index in [0.29, 0.717) is 11.4 Å². The van der Waals surface area contributed by atoms with Crippen molar-refractivity contribution in [2.45, 2.75) is 0 Å². The van der Waals surface area contributed by atoms with Gasteiger partial charge in [0.15, 0.2) is 5.82 Å². The van der Waals surface area contributed by atoms with Crippen LogP contribution in [0.25, 0.3) is 11.4 Å². The van der Waals surface area contributed by atoms with Gasteiger partial charge in [-0.1, -0.05) is 34.1 Å². The Morgan fingerprint density at radius 3 is 2.47 bits per heavy atom. The molecule has 0 bridgehead atoms. The molecule has 2 rings (SSSR count). The van der Waals surface area contributed by atoms with E-state index in [2.05, 4.69) is 30.6 Å². The zero-order valence-electron chi connectivity index (χ0n) is 9.05. The molecule has 0 spiro atoms. The molecule has 0 unspecified atom stereocenters. The van der Waals surface area contributed by atoms with Crippen LogP contribution in [-0.4, -0.2) is 23.0 Å². The predicted molar refractivity (Wildman–Crippen MR) is 66.5 cm³/mol. The summed E-state index contributed by atoms with van der Waals surface area (Å²) in [5.74, 6) is 0.119. The standard InChI is InChI=1S/C12H9BrN2O2/c1-17-12(16)8-6-14-11(15-7-8)9-4-2-3-5-10(9)13/h2-7H,1H3. The molecule has 86 valence electrons. The molecule has 5 heteroatoms. The molecule has 4 nitrogen and oxygen atoms in total. The number of esters is 1. The number of benzene rings is 1. The van der Waals surface area contributed by atoms with Crippen LogP contribution in [0.5, 0.6) is 0 Å².